The van der Waals surface area contributed by atoms with Gasteiger partial charge in [-0.1, -0.05) is 69.7 Å². The molecular weight excluding hydrogens is 1050 g/mol. The van der Waals surface area contributed by atoms with Gasteiger partial charge in [0.2, 0.25) is 33.7 Å². The van der Waals surface area contributed by atoms with E-state index in [4.69, 9.17) is 5.14 Å². The molecule has 3 aromatic carbocycles. The number of nitrogens with zero attached hydrogens (tertiary/aromatic N) is 3. The van der Waals surface area contributed by atoms with E-state index in [-0.39, 0.29) is 43.2 Å². The molecule has 7 N–H and O–H groups in total. The molecule has 0 aliphatic carbocycles. The molecule has 0 radical (unpaired) electrons. The van der Waals surface area contributed by atoms with Crippen molar-refractivity contribution in [3.63, 3.8) is 0 Å². The van der Waals surface area contributed by atoms with Crippen LogP contribution < -0.4 is 26.4 Å². The summed E-state index contributed by atoms with van der Waals surface area (Å²) in [5.41, 5.74) is -2.25. The van der Waals surface area contributed by atoms with Gasteiger partial charge in [0.15, 0.2) is 0 Å². The fourth-order valence-corrected chi connectivity index (χ4v) is 12.4. The summed E-state index contributed by atoms with van der Waals surface area (Å²) >= 11 is 2.95. The van der Waals surface area contributed by atoms with E-state index in [2.05, 4.69) is 26.3 Å². The van der Waals surface area contributed by atoms with Gasteiger partial charge < -0.3 is 36.2 Å². The van der Waals surface area contributed by atoms with Crippen molar-refractivity contribution in [3.05, 3.63) is 89.6 Å². The quantitative estimate of drug-likeness (QED) is 0.0349. The van der Waals surface area contributed by atoms with Crippen LogP contribution in [0.5, 0.6) is 0 Å². The van der Waals surface area contributed by atoms with E-state index in [0.29, 0.717) is 70.1 Å². The van der Waals surface area contributed by atoms with Crippen LogP contribution in [0.2, 0.25) is 0 Å². The van der Waals surface area contributed by atoms with Crippen molar-refractivity contribution in [2.45, 2.75) is 130 Å². The van der Waals surface area contributed by atoms with Gasteiger partial charge in [0.05, 0.1) is 44.7 Å². The van der Waals surface area contributed by atoms with Gasteiger partial charge in [0.25, 0.3) is 9.84 Å². The number of primary sulfonamides is 1. The van der Waals surface area contributed by atoms with Gasteiger partial charge in [0, 0.05) is 55.7 Å². The van der Waals surface area contributed by atoms with Crippen LogP contribution in [0, 0.1) is 18.3 Å². The molecule has 410 valence electrons. The number of sulfonamides is 1. The lowest BCUT2D eigenvalue weighted by Crippen LogP contribution is -2.57. The normalized spacial score (nSPS) is 18.8. The number of halogens is 3. The van der Waals surface area contributed by atoms with Crippen LogP contribution in [-0.2, 0) is 39.0 Å². The number of carbonyl (C=O) groups is 4. The first-order valence-electron chi connectivity index (χ1n) is 24.7. The Morgan fingerprint density at radius 3 is 2.28 bits per heavy atom. The fraction of sp³-hybridized carbons (Fsp3) is 0.510. The first kappa shape index (κ1) is 59.1. The molecular formula is C51H67F3N8O9S4. The number of rotatable bonds is 23. The number of aromatic nitrogens is 1. The topological polar surface area (TPSA) is 250 Å². The SMILES string of the molecule is Cc1ncsc1-c1ccc([C@H](C)NC(=O)[C@@H]2C[C@@H](O)CN2C(=O)[C@@H](NC(=O)CCCCCNC(=O)[C@H]2CCN(CC[C@H](CSc3ccccc3)Nc3ccc(S(N)(=O)=O)cc3S(=O)(=O)C(F)(F)F)C2)C(C)(C)C)cc1. The number of nitrogens with one attached hydrogen (secondary N) is 4. The highest BCUT2D eigenvalue weighted by atomic mass is 32.2. The second kappa shape index (κ2) is 25.4. The fourth-order valence-electron chi connectivity index (χ4n) is 9.06. The molecule has 2 fully saturated rings. The molecule has 0 saturated carbocycles. The molecule has 3 heterocycles. The van der Waals surface area contributed by atoms with Crippen LogP contribution in [0.1, 0.15) is 89.9 Å². The molecule has 0 spiro atoms. The van der Waals surface area contributed by atoms with Crippen molar-refractivity contribution in [3.8, 4) is 10.4 Å². The highest BCUT2D eigenvalue weighted by molar-refractivity contribution is 7.99. The van der Waals surface area contributed by atoms with E-state index in [1.807, 2.05) is 94.1 Å². The van der Waals surface area contributed by atoms with Crippen LogP contribution in [0.3, 0.4) is 0 Å². The zero-order chi connectivity index (χ0) is 54.9. The molecule has 6 atom stereocenters. The molecule has 17 nitrogen and oxygen atoms in total. The lowest BCUT2D eigenvalue weighted by Gasteiger charge is -2.35. The zero-order valence-corrected chi connectivity index (χ0v) is 45.8. The lowest BCUT2D eigenvalue weighted by molar-refractivity contribution is -0.144. The average molecular weight is 1120 g/mol. The number of hydrogen-bond acceptors (Lipinski definition) is 14. The molecule has 2 aliphatic heterocycles. The Kier molecular flexibility index (Phi) is 20.0. The Morgan fingerprint density at radius 1 is 0.933 bits per heavy atom. The van der Waals surface area contributed by atoms with Gasteiger partial charge >= 0.3 is 5.51 Å². The molecule has 24 heteroatoms. The van der Waals surface area contributed by atoms with Crippen LogP contribution in [0.15, 0.2) is 93.0 Å². The van der Waals surface area contributed by atoms with Crippen molar-refractivity contribution >= 4 is 72.3 Å². The second-order valence-corrected chi connectivity index (χ2v) is 25.6. The van der Waals surface area contributed by atoms with E-state index in [1.165, 1.54) is 16.7 Å². The number of thioether (sulfide) groups is 1. The molecule has 4 amide bonds. The summed E-state index contributed by atoms with van der Waals surface area (Å²) in [7, 11) is -10.5. The third-order valence-corrected chi connectivity index (χ3v) is 17.9. The number of alkyl halides is 3. The Hall–Kier alpha value is -5.11. The molecule has 75 heavy (non-hydrogen) atoms. The molecule has 1 aromatic heterocycles. The van der Waals surface area contributed by atoms with Gasteiger partial charge in [-0.15, -0.1) is 23.1 Å². The summed E-state index contributed by atoms with van der Waals surface area (Å²) in [4.78, 5) is 62.0. The molecule has 2 aliphatic rings. The van der Waals surface area contributed by atoms with E-state index < -0.39 is 82.3 Å². The number of unbranched alkanes of at least 4 members (excludes halogenated alkanes) is 2. The first-order valence-corrected chi connectivity index (χ1v) is 29.6. The van der Waals surface area contributed by atoms with Crippen molar-refractivity contribution in [2.75, 3.05) is 43.8 Å². The van der Waals surface area contributed by atoms with Gasteiger partial charge in [-0.25, -0.2) is 27.0 Å². The number of likely N-dealkylation sites (tertiary alicyclic amines) is 2. The van der Waals surface area contributed by atoms with Crippen molar-refractivity contribution in [2.24, 2.45) is 16.5 Å². The molecule has 4 aromatic rings. The third kappa shape index (κ3) is 16.0. The number of β-amino-alcohol motifs (C(OH)–C–C–N with tert-alkyl or cyclic N) is 1. The first-order chi connectivity index (χ1) is 35.2. The summed E-state index contributed by atoms with van der Waals surface area (Å²) in [6, 6.07) is 16.5. The van der Waals surface area contributed by atoms with Crippen molar-refractivity contribution in [1.82, 2.24) is 30.7 Å². The van der Waals surface area contributed by atoms with Crippen LogP contribution in [0.25, 0.3) is 10.4 Å². The maximum absolute atomic E-state index is 14.1. The van der Waals surface area contributed by atoms with Gasteiger partial charge in [0.1, 0.15) is 17.0 Å². The number of benzene rings is 3. The monoisotopic (exact) mass is 1120 g/mol. The predicted octanol–water partition coefficient (Wildman–Crippen LogP) is 6.39. The number of sulfone groups is 1. The van der Waals surface area contributed by atoms with Gasteiger partial charge in [-0.3, -0.25) is 19.2 Å². The minimum absolute atomic E-state index is 0.0503. The lowest BCUT2D eigenvalue weighted by atomic mass is 9.85. The number of nitrogens with two attached hydrogens (primary N) is 1. The van der Waals surface area contributed by atoms with Crippen LogP contribution in [-0.4, -0.2) is 129 Å². The summed E-state index contributed by atoms with van der Waals surface area (Å²) in [5.74, 6) is -1.36. The molecule has 6 rings (SSSR count). The number of aliphatic hydroxyl groups is 1. The van der Waals surface area contributed by atoms with Crippen LogP contribution >= 0.6 is 23.1 Å². The highest BCUT2D eigenvalue weighted by Crippen LogP contribution is 2.37. The molecule has 2 saturated heterocycles. The Balaban J connectivity index is 0.949. The maximum atomic E-state index is 14.1. The smallest absolute Gasteiger partial charge is 0.391 e. The number of aryl methyl sites for hydroxylation is 1. The zero-order valence-electron chi connectivity index (χ0n) is 42.6. The number of amides is 4. The summed E-state index contributed by atoms with van der Waals surface area (Å²) in [6.07, 6.45) is 1.84. The maximum Gasteiger partial charge on any atom is 0.501 e. The Labute approximate surface area is 445 Å². The van der Waals surface area contributed by atoms with Gasteiger partial charge in [-0.2, -0.15) is 13.2 Å². The van der Waals surface area contributed by atoms with Crippen LogP contribution in [0.4, 0.5) is 18.9 Å². The number of anilines is 1. The van der Waals surface area contributed by atoms with Crippen molar-refractivity contribution < 1.29 is 54.3 Å². The number of thiazole rings is 1. The standard InChI is InChI=1S/C51H67F3N8O9S4/c1-32(34-15-17-35(18-16-34)45-33(2)57-31-73-45)58-48(66)42-26-38(63)29-62(42)49(67)46(50(3,4)5)60-44(64)14-10-7-11-23-56-47(65)36-21-24-61(28-36)25-22-37(30-72-39-12-8-6-9-13-39)59-41-20-19-40(75(55,70)71)27-43(41)74(68,69)51(52,53)54/h6,8-9,12-13,15-20,27,31-32,36-38,42,46,59,63H,7,10-11,14,21-26,28-30H2,1-5H3,(H,56,65)(H,58,66)(H,60,64)(H2,55,70,71)/t32-,36-,37+,38+,42-,46+/m0/s1. The Morgan fingerprint density at radius 2 is 1.64 bits per heavy atom. The van der Waals surface area contributed by atoms with Crippen molar-refractivity contribution in [1.29, 1.82) is 0 Å². The highest BCUT2D eigenvalue weighted by Gasteiger charge is 2.49. The average Bonchev–Trinajstić information content (AvgIpc) is 4.12. The molecule has 0 unspecified atom stereocenters. The summed E-state index contributed by atoms with van der Waals surface area (Å²) < 4.78 is 90.8. The minimum atomic E-state index is -5.99. The van der Waals surface area contributed by atoms with E-state index in [1.54, 1.807) is 16.8 Å². The second-order valence-electron chi connectivity index (χ2n) is 20.2. The van der Waals surface area contributed by atoms with E-state index >= 15 is 0 Å². The predicted molar refractivity (Wildman–Crippen MR) is 283 cm³/mol. The summed E-state index contributed by atoms with van der Waals surface area (Å²) in [5, 5.41) is 27.6. The van der Waals surface area contributed by atoms with E-state index in [9.17, 15) is 54.3 Å². The summed E-state index contributed by atoms with van der Waals surface area (Å²) in [6.45, 7) is 11.0. The number of aliphatic hydroxyl groups excluding tert-OH is 1. The molecule has 0 bridgehead atoms. The van der Waals surface area contributed by atoms with Gasteiger partial charge in [-0.05, 0) is 92.9 Å². The number of carbonyl (C=O) groups excluding carboxylic acids is 4. The Bertz CT molecular complexity index is 2850. The minimum Gasteiger partial charge on any atom is -0.391 e. The third-order valence-electron chi connectivity index (χ3n) is 13.3. The van der Waals surface area contributed by atoms with E-state index in [0.717, 1.165) is 38.7 Å². The number of hydrogen-bond donors (Lipinski definition) is 6. The largest absolute Gasteiger partial charge is 0.501 e.